The van der Waals surface area contributed by atoms with Crippen LogP contribution in [-0.4, -0.2) is 31.1 Å². The Morgan fingerprint density at radius 2 is 1.90 bits per heavy atom. The van der Waals surface area contributed by atoms with Gasteiger partial charge >= 0.3 is 0 Å². The number of hydrogen-bond acceptors (Lipinski definition) is 2. The summed E-state index contributed by atoms with van der Waals surface area (Å²) in [5.74, 6) is 1.58. The number of hydrogen-bond donors (Lipinski definition) is 1. The molecule has 2 nitrogen and oxygen atoms in total. The first-order valence-electron chi connectivity index (χ1n) is 8.74. The minimum atomic E-state index is 0.597. The lowest BCUT2D eigenvalue weighted by Crippen LogP contribution is -2.25. The Labute approximate surface area is 130 Å². The largest absolute Gasteiger partial charge is 0.316 e. The first-order chi connectivity index (χ1) is 10.2. The molecule has 0 aromatic heterocycles. The van der Waals surface area contributed by atoms with Crippen molar-refractivity contribution in [1.82, 2.24) is 10.2 Å². The van der Waals surface area contributed by atoms with Crippen LogP contribution in [0.1, 0.15) is 57.1 Å². The quantitative estimate of drug-likeness (QED) is 0.654. The van der Waals surface area contributed by atoms with Crippen LogP contribution in [0.3, 0.4) is 0 Å². The molecule has 0 amide bonds. The highest BCUT2D eigenvalue weighted by molar-refractivity contribution is 5.25. The molecule has 1 N–H and O–H groups in total. The zero-order valence-electron chi connectivity index (χ0n) is 14.1. The van der Waals surface area contributed by atoms with E-state index in [-0.39, 0.29) is 0 Å². The molecule has 118 valence electrons. The molecule has 2 heteroatoms. The van der Waals surface area contributed by atoms with E-state index >= 15 is 0 Å². The van der Waals surface area contributed by atoms with E-state index in [0.717, 1.165) is 32.1 Å². The zero-order valence-corrected chi connectivity index (χ0v) is 14.1. The van der Waals surface area contributed by atoms with Crippen molar-refractivity contribution in [2.24, 2.45) is 5.92 Å². The second-order valence-electron chi connectivity index (χ2n) is 6.62. The minimum Gasteiger partial charge on any atom is -0.316 e. The molecule has 1 aliphatic carbocycles. The van der Waals surface area contributed by atoms with E-state index in [1.54, 1.807) is 0 Å². The van der Waals surface area contributed by atoms with Crippen molar-refractivity contribution >= 4 is 0 Å². The van der Waals surface area contributed by atoms with E-state index in [2.05, 4.69) is 55.3 Å². The lowest BCUT2D eigenvalue weighted by molar-refractivity contribution is 0.268. The molecule has 0 radical (unpaired) electrons. The van der Waals surface area contributed by atoms with E-state index in [0.29, 0.717) is 5.92 Å². The molecule has 21 heavy (non-hydrogen) atoms. The third-order valence-electron chi connectivity index (χ3n) is 4.49. The molecule has 1 aromatic rings. The van der Waals surface area contributed by atoms with Gasteiger partial charge in [-0.15, -0.1) is 0 Å². The average Bonchev–Trinajstić information content (AvgIpc) is 3.31. The number of rotatable bonds is 10. The predicted molar refractivity (Wildman–Crippen MR) is 91.7 cm³/mol. The summed E-state index contributed by atoms with van der Waals surface area (Å²) in [6, 6.07) is 9.28. The maximum absolute atomic E-state index is 3.51. The van der Waals surface area contributed by atoms with Crippen LogP contribution in [0.2, 0.25) is 0 Å². The highest BCUT2D eigenvalue weighted by atomic mass is 15.1. The van der Waals surface area contributed by atoms with Gasteiger partial charge < -0.3 is 5.32 Å². The molecule has 1 fully saturated rings. The van der Waals surface area contributed by atoms with Crippen LogP contribution in [0.4, 0.5) is 0 Å². The Morgan fingerprint density at radius 3 is 2.48 bits per heavy atom. The van der Waals surface area contributed by atoms with Gasteiger partial charge in [-0.25, -0.2) is 0 Å². The Bertz CT molecular complexity index is 395. The molecular formula is C19H32N2. The van der Waals surface area contributed by atoms with Gasteiger partial charge in [-0.3, -0.25) is 4.90 Å². The number of benzene rings is 1. The lowest BCUT2D eigenvalue weighted by Gasteiger charge is -2.20. The van der Waals surface area contributed by atoms with Crippen molar-refractivity contribution in [2.75, 3.05) is 26.2 Å². The van der Waals surface area contributed by atoms with E-state index < -0.39 is 0 Å². The maximum atomic E-state index is 3.51. The summed E-state index contributed by atoms with van der Waals surface area (Å²) < 4.78 is 0. The summed E-state index contributed by atoms with van der Waals surface area (Å²) in [6.45, 7) is 12.6. The molecular weight excluding hydrogens is 256 g/mol. The minimum absolute atomic E-state index is 0.597. The van der Waals surface area contributed by atoms with Crippen LogP contribution < -0.4 is 5.32 Å². The van der Waals surface area contributed by atoms with Gasteiger partial charge in [0.15, 0.2) is 0 Å². The third kappa shape index (κ3) is 5.80. The van der Waals surface area contributed by atoms with Gasteiger partial charge in [0.2, 0.25) is 0 Å². The first-order valence-corrected chi connectivity index (χ1v) is 8.74. The monoisotopic (exact) mass is 288 g/mol. The fraction of sp³-hybridized carbons (Fsp3) is 0.684. The number of nitrogens with one attached hydrogen (secondary N) is 1. The summed E-state index contributed by atoms with van der Waals surface area (Å²) in [5, 5.41) is 3.51. The third-order valence-corrected chi connectivity index (χ3v) is 4.49. The summed E-state index contributed by atoms with van der Waals surface area (Å²) in [7, 11) is 0. The van der Waals surface area contributed by atoms with Gasteiger partial charge in [-0.05, 0) is 55.3 Å². The fourth-order valence-corrected chi connectivity index (χ4v) is 2.79. The standard InChI is InChI=1S/C19H32N2/c1-4-12-20-13-16(3)19-10-8-18(9-11-19)15-21(5-2)14-17-6-7-17/h8-11,16-17,20H,4-7,12-15H2,1-3H3. The van der Waals surface area contributed by atoms with Gasteiger partial charge in [0.1, 0.15) is 0 Å². The van der Waals surface area contributed by atoms with Gasteiger partial charge in [0.25, 0.3) is 0 Å². The maximum Gasteiger partial charge on any atom is 0.0233 e. The topological polar surface area (TPSA) is 15.3 Å². The first kappa shape index (κ1) is 16.5. The molecule has 0 spiro atoms. The van der Waals surface area contributed by atoms with E-state index in [1.165, 1.54) is 36.9 Å². The summed E-state index contributed by atoms with van der Waals surface area (Å²) in [4.78, 5) is 2.58. The average molecular weight is 288 g/mol. The SMILES string of the molecule is CCCNCC(C)c1ccc(CN(CC)CC2CC2)cc1. The Kier molecular flexibility index (Phi) is 6.72. The predicted octanol–water partition coefficient (Wildman–Crippen LogP) is 4.02. The smallest absolute Gasteiger partial charge is 0.0233 e. The van der Waals surface area contributed by atoms with Crippen LogP contribution in [0.15, 0.2) is 24.3 Å². The number of nitrogens with zero attached hydrogens (tertiary/aromatic N) is 1. The van der Waals surface area contributed by atoms with E-state index in [1.807, 2.05) is 0 Å². The van der Waals surface area contributed by atoms with E-state index in [4.69, 9.17) is 0 Å². The van der Waals surface area contributed by atoms with Crippen molar-refractivity contribution in [3.63, 3.8) is 0 Å². The molecule has 0 heterocycles. The zero-order chi connectivity index (χ0) is 15.1. The summed E-state index contributed by atoms with van der Waals surface area (Å²) >= 11 is 0. The van der Waals surface area contributed by atoms with Crippen LogP contribution in [-0.2, 0) is 6.54 Å². The van der Waals surface area contributed by atoms with Crippen molar-refractivity contribution in [3.05, 3.63) is 35.4 Å². The van der Waals surface area contributed by atoms with Crippen LogP contribution >= 0.6 is 0 Å². The van der Waals surface area contributed by atoms with Crippen LogP contribution in [0.25, 0.3) is 0 Å². The van der Waals surface area contributed by atoms with Crippen LogP contribution in [0.5, 0.6) is 0 Å². The molecule has 1 unspecified atom stereocenters. The van der Waals surface area contributed by atoms with E-state index in [9.17, 15) is 0 Å². The Balaban J connectivity index is 1.82. The molecule has 0 saturated heterocycles. The second kappa shape index (κ2) is 8.55. The molecule has 1 aliphatic rings. The van der Waals surface area contributed by atoms with Gasteiger partial charge in [0, 0.05) is 19.6 Å². The second-order valence-corrected chi connectivity index (χ2v) is 6.62. The summed E-state index contributed by atoms with van der Waals surface area (Å²) in [6.07, 6.45) is 4.09. The summed E-state index contributed by atoms with van der Waals surface area (Å²) in [5.41, 5.74) is 2.91. The van der Waals surface area contributed by atoms with Crippen molar-refractivity contribution in [1.29, 1.82) is 0 Å². The fourth-order valence-electron chi connectivity index (χ4n) is 2.79. The van der Waals surface area contributed by atoms with Crippen molar-refractivity contribution in [3.8, 4) is 0 Å². The molecule has 1 saturated carbocycles. The highest BCUT2D eigenvalue weighted by Crippen LogP contribution is 2.30. The molecule has 0 aliphatic heterocycles. The van der Waals surface area contributed by atoms with Gasteiger partial charge in [-0.2, -0.15) is 0 Å². The van der Waals surface area contributed by atoms with Crippen molar-refractivity contribution < 1.29 is 0 Å². The van der Waals surface area contributed by atoms with Gasteiger partial charge in [-0.1, -0.05) is 45.0 Å². The molecule has 2 rings (SSSR count). The lowest BCUT2D eigenvalue weighted by atomic mass is 9.99. The van der Waals surface area contributed by atoms with Crippen molar-refractivity contribution in [2.45, 2.75) is 52.5 Å². The Morgan fingerprint density at radius 1 is 1.19 bits per heavy atom. The van der Waals surface area contributed by atoms with Gasteiger partial charge in [0.05, 0.1) is 0 Å². The molecule has 1 aromatic carbocycles. The van der Waals surface area contributed by atoms with Crippen LogP contribution in [0, 0.1) is 5.92 Å². The normalized spacial score (nSPS) is 16.4. The molecule has 0 bridgehead atoms. The Hall–Kier alpha value is -0.860. The highest BCUT2D eigenvalue weighted by Gasteiger charge is 2.23. The molecule has 1 atom stereocenters.